The second-order valence-electron chi connectivity index (χ2n) is 6.78. The summed E-state index contributed by atoms with van der Waals surface area (Å²) in [4.78, 5) is 14.7. The largest absolute Gasteiger partial charge is 0.369 e. The summed E-state index contributed by atoms with van der Waals surface area (Å²) in [7, 11) is 0. The molecule has 1 saturated heterocycles. The predicted molar refractivity (Wildman–Crippen MR) is 90.9 cm³/mol. The van der Waals surface area contributed by atoms with Crippen LogP contribution in [0.2, 0.25) is 5.02 Å². The van der Waals surface area contributed by atoms with Crippen molar-refractivity contribution in [3.63, 3.8) is 0 Å². The van der Waals surface area contributed by atoms with Crippen LogP contribution in [-0.4, -0.2) is 34.7 Å². The Morgan fingerprint density at radius 1 is 1.42 bits per heavy atom. The molecule has 1 aliphatic rings. The lowest BCUT2D eigenvalue weighted by Crippen LogP contribution is -2.56. The standard InChI is InChI=1S/C18H21ClN2O3/c1-12-7-15(20-24-12)9-17(22)21-10-16(23-11-18(21,2)3)13-5-4-6-14(19)8-13/h4-8,16H,9-11H2,1-3H3. The van der Waals surface area contributed by atoms with Crippen molar-refractivity contribution in [1.82, 2.24) is 10.1 Å². The van der Waals surface area contributed by atoms with Gasteiger partial charge < -0.3 is 14.2 Å². The Morgan fingerprint density at radius 2 is 2.21 bits per heavy atom. The molecule has 1 fully saturated rings. The Morgan fingerprint density at radius 3 is 2.88 bits per heavy atom. The number of amides is 1. The molecule has 0 N–H and O–H groups in total. The minimum atomic E-state index is -0.370. The zero-order valence-electron chi connectivity index (χ0n) is 14.1. The summed E-state index contributed by atoms with van der Waals surface area (Å²) in [5, 5.41) is 4.58. The van der Waals surface area contributed by atoms with E-state index in [9.17, 15) is 4.79 Å². The first kappa shape index (κ1) is 17.0. The van der Waals surface area contributed by atoms with Gasteiger partial charge in [0.2, 0.25) is 5.91 Å². The molecule has 3 rings (SSSR count). The van der Waals surface area contributed by atoms with Crippen LogP contribution in [0.5, 0.6) is 0 Å². The Bertz CT molecular complexity index is 741. The summed E-state index contributed by atoms with van der Waals surface area (Å²) in [5.41, 5.74) is 1.26. The summed E-state index contributed by atoms with van der Waals surface area (Å²) >= 11 is 6.07. The van der Waals surface area contributed by atoms with Crippen LogP contribution in [0.25, 0.3) is 0 Å². The van der Waals surface area contributed by atoms with Gasteiger partial charge in [0, 0.05) is 11.1 Å². The van der Waals surface area contributed by atoms with Gasteiger partial charge in [-0.05, 0) is 38.5 Å². The van der Waals surface area contributed by atoms with Crippen molar-refractivity contribution < 1.29 is 14.1 Å². The molecule has 1 aromatic heterocycles. The molecular formula is C18H21ClN2O3. The van der Waals surface area contributed by atoms with Crippen molar-refractivity contribution in [3.8, 4) is 0 Å². The topological polar surface area (TPSA) is 55.6 Å². The van der Waals surface area contributed by atoms with Crippen molar-refractivity contribution in [2.75, 3.05) is 13.2 Å². The van der Waals surface area contributed by atoms with Gasteiger partial charge in [0.25, 0.3) is 0 Å². The van der Waals surface area contributed by atoms with E-state index in [2.05, 4.69) is 5.16 Å². The lowest BCUT2D eigenvalue weighted by atomic mass is 9.97. The van der Waals surface area contributed by atoms with E-state index < -0.39 is 0 Å². The fraction of sp³-hybridized carbons (Fsp3) is 0.444. The molecular weight excluding hydrogens is 328 g/mol. The van der Waals surface area contributed by atoms with E-state index in [4.69, 9.17) is 20.9 Å². The molecule has 1 aliphatic heterocycles. The van der Waals surface area contributed by atoms with Gasteiger partial charge in [-0.3, -0.25) is 4.79 Å². The minimum absolute atomic E-state index is 0.0172. The van der Waals surface area contributed by atoms with Gasteiger partial charge in [0.1, 0.15) is 11.9 Å². The van der Waals surface area contributed by atoms with Gasteiger partial charge in [-0.25, -0.2) is 0 Å². The Labute approximate surface area is 146 Å². The van der Waals surface area contributed by atoms with Crippen molar-refractivity contribution >= 4 is 17.5 Å². The van der Waals surface area contributed by atoms with E-state index in [0.717, 1.165) is 5.56 Å². The highest BCUT2D eigenvalue weighted by Gasteiger charge is 2.38. The molecule has 1 amide bonds. The smallest absolute Gasteiger partial charge is 0.229 e. The summed E-state index contributed by atoms with van der Waals surface area (Å²) in [6, 6.07) is 9.37. The third-order valence-electron chi connectivity index (χ3n) is 4.25. The SMILES string of the molecule is Cc1cc(CC(=O)N2CC(c3cccc(Cl)c3)OCC2(C)C)no1. The van der Waals surface area contributed by atoms with Crippen LogP contribution in [0.1, 0.15) is 37.0 Å². The number of ether oxygens (including phenoxy) is 1. The first-order valence-electron chi connectivity index (χ1n) is 7.95. The van der Waals surface area contributed by atoms with Crippen molar-refractivity contribution in [2.24, 2.45) is 0 Å². The first-order chi connectivity index (χ1) is 11.3. The van der Waals surface area contributed by atoms with Gasteiger partial charge in [0.05, 0.1) is 30.8 Å². The molecule has 2 heterocycles. The molecule has 1 unspecified atom stereocenters. The molecule has 0 radical (unpaired) electrons. The number of aromatic nitrogens is 1. The Balaban J connectivity index is 1.77. The van der Waals surface area contributed by atoms with E-state index in [0.29, 0.717) is 29.6 Å². The number of carbonyl (C=O) groups excluding carboxylic acids is 1. The fourth-order valence-corrected chi connectivity index (χ4v) is 3.15. The monoisotopic (exact) mass is 348 g/mol. The average Bonchev–Trinajstić information content (AvgIpc) is 2.92. The molecule has 2 aromatic rings. The average molecular weight is 349 g/mol. The Hall–Kier alpha value is -1.85. The van der Waals surface area contributed by atoms with Gasteiger partial charge >= 0.3 is 0 Å². The zero-order chi connectivity index (χ0) is 17.3. The van der Waals surface area contributed by atoms with Gasteiger partial charge in [-0.1, -0.05) is 28.9 Å². The van der Waals surface area contributed by atoms with Crippen LogP contribution in [0.3, 0.4) is 0 Å². The fourth-order valence-electron chi connectivity index (χ4n) is 2.95. The number of carbonyl (C=O) groups is 1. The van der Waals surface area contributed by atoms with Gasteiger partial charge in [-0.2, -0.15) is 0 Å². The molecule has 6 heteroatoms. The maximum atomic E-state index is 12.8. The van der Waals surface area contributed by atoms with Crippen molar-refractivity contribution in [2.45, 2.75) is 38.8 Å². The quantitative estimate of drug-likeness (QED) is 0.851. The molecule has 1 atom stereocenters. The maximum Gasteiger partial charge on any atom is 0.229 e. The highest BCUT2D eigenvalue weighted by atomic mass is 35.5. The number of aryl methyl sites for hydroxylation is 1. The third-order valence-corrected chi connectivity index (χ3v) is 4.48. The lowest BCUT2D eigenvalue weighted by molar-refractivity contribution is -0.154. The molecule has 128 valence electrons. The summed E-state index contributed by atoms with van der Waals surface area (Å²) < 4.78 is 11.0. The molecule has 0 aliphatic carbocycles. The van der Waals surface area contributed by atoms with Crippen molar-refractivity contribution in [3.05, 3.63) is 52.4 Å². The summed E-state index contributed by atoms with van der Waals surface area (Å²) in [6.45, 7) is 6.78. The molecule has 24 heavy (non-hydrogen) atoms. The third kappa shape index (κ3) is 3.62. The predicted octanol–water partition coefficient (Wildman–Crippen LogP) is 3.56. The molecule has 1 aromatic carbocycles. The van der Waals surface area contributed by atoms with E-state index >= 15 is 0 Å². The van der Waals surface area contributed by atoms with Gasteiger partial charge in [-0.15, -0.1) is 0 Å². The molecule has 0 saturated carbocycles. The second-order valence-corrected chi connectivity index (χ2v) is 7.21. The minimum Gasteiger partial charge on any atom is -0.369 e. The summed E-state index contributed by atoms with van der Waals surface area (Å²) in [6.07, 6.45) is 0.0444. The molecule has 0 spiro atoms. The lowest BCUT2D eigenvalue weighted by Gasteiger charge is -2.45. The number of hydrogen-bond acceptors (Lipinski definition) is 4. The maximum absolute atomic E-state index is 12.8. The van der Waals surface area contributed by atoms with Crippen LogP contribution in [0, 0.1) is 6.92 Å². The molecule has 5 nitrogen and oxygen atoms in total. The van der Waals surface area contributed by atoms with Crippen LogP contribution in [0.15, 0.2) is 34.9 Å². The van der Waals surface area contributed by atoms with E-state index in [1.165, 1.54) is 0 Å². The highest BCUT2D eigenvalue weighted by molar-refractivity contribution is 6.30. The second kappa shape index (κ2) is 6.57. The van der Waals surface area contributed by atoms with Crippen LogP contribution in [0.4, 0.5) is 0 Å². The van der Waals surface area contributed by atoms with Crippen LogP contribution < -0.4 is 0 Å². The number of hydrogen-bond donors (Lipinski definition) is 0. The van der Waals surface area contributed by atoms with E-state index in [1.54, 1.807) is 6.07 Å². The number of halogens is 1. The Kier molecular flexibility index (Phi) is 4.65. The van der Waals surface area contributed by atoms with Gasteiger partial charge in [0.15, 0.2) is 0 Å². The summed E-state index contributed by atoms with van der Waals surface area (Å²) in [5.74, 6) is 0.722. The number of rotatable bonds is 3. The molecule has 0 bridgehead atoms. The number of benzene rings is 1. The van der Waals surface area contributed by atoms with E-state index in [-0.39, 0.29) is 24.0 Å². The first-order valence-corrected chi connectivity index (χ1v) is 8.33. The highest BCUT2D eigenvalue weighted by Crippen LogP contribution is 2.31. The number of nitrogens with zero attached hydrogens (tertiary/aromatic N) is 2. The van der Waals surface area contributed by atoms with Crippen LogP contribution in [-0.2, 0) is 16.0 Å². The van der Waals surface area contributed by atoms with Crippen molar-refractivity contribution in [1.29, 1.82) is 0 Å². The number of morpholine rings is 1. The van der Waals surface area contributed by atoms with Crippen LogP contribution >= 0.6 is 11.6 Å². The normalized spacial score (nSPS) is 20.2. The zero-order valence-corrected chi connectivity index (χ0v) is 14.8. The van der Waals surface area contributed by atoms with E-state index in [1.807, 2.05) is 49.9 Å².